The first-order valence-corrected chi connectivity index (χ1v) is 7.94. The summed E-state index contributed by atoms with van der Waals surface area (Å²) in [5.41, 5.74) is -0.509. The normalized spacial score (nSPS) is 12.6. The molecular weight excluding hydrogens is 254 g/mol. The van der Waals surface area contributed by atoms with Gasteiger partial charge in [-0.05, 0) is 47.5 Å². The van der Waals surface area contributed by atoms with Gasteiger partial charge in [-0.2, -0.15) is 0 Å². The van der Waals surface area contributed by atoms with Crippen molar-refractivity contribution in [1.82, 2.24) is 5.32 Å². The van der Waals surface area contributed by atoms with Crippen LogP contribution in [0.4, 0.5) is 4.79 Å². The average molecular weight is 279 g/mol. The number of carbonyl (C=O) groups is 1. The van der Waals surface area contributed by atoms with Crippen LogP contribution in [0.15, 0.2) is 0 Å². The summed E-state index contributed by atoms with van der Waals surface area (Å²) in [5, 5.41) is 2.26. The molecule has 0 fully saturated rings. The molecule has 1 amide bonds. The summed E-state index contributed by atoms with van der Waals surface area (Å²) in [6, 6.07) is 0. The quantitative estimate of drug-likeness (QED) is 0.756. The molecule has 0 radical (unpaired) electrons. The van der Waals surface area contributed by atoms with E-state index in [2.05, 4.69) is 5.32 Å². The summed E-state index contributed by atoms with van der Waals surface area (Å²) >= 11 is 0. The predicted molar refractivity (Wildman–Crippen MR) is 72.4 cm³/mol. The van der Waals surface area contributed by atoms with Crippen LogP contribution in [0.3, 0.4) is 0 Å². The van der Waals surface area contributed by atoms with Gasteiger partial charge in [0.25, 0.3) is 0 Å². The van der Waals surface area contributed by atoms with Gasteiger partial charge >= 0.3 is 6.09 Å². The smallest absolute Gasteiger partial charge is 0.407 e. The molecule has 0 aliphatic carbocycles. The molecule has 0 spiro atoms. The van der Waals surface area contributed by atoms with Crippen molar-refractivity contribution in [2.45, 2.75) is 58.3 Å². The fourth-order valence-corrected chi connectivity index (χ4v) is 2.25. The van der Waals surface area contributed by atoms with Crippen LogP contribution in [0, 0.1) is 0 Å². The number of unbranched alkanes of at least 4 members (excludes halogenated alkanes) is 1. The average Bonchev–Trinajstić information content (AvgIpc) is 2.13. The molecular formula is C12H25NO4S. The molecule has 0 aromatic carbocycles. The highest BCUT2D eigenvalue weighted by Gasteiger charge is 2.16. The Morgan fingerprint density at radius 3 is 2.22 bits per heavy atom. The van der Waals surface area contributed by atoms with Gasteiger partial charge in [-0.25, -0.2) is 13.2 Å². The van der Waals surface area contributed by atoms with Crippen LogP contribution in [0.25, 0.3) is 0 Å². The lowest BCUT2D eigenvalue weighted by molar-refractivity contribution is 0.0527. The Morgan fingerprint density at radius 2 is 1.78 bits per heavy atom. The summed E-state index contributed by atoms with van der Waals surface area (Å²) in [4.78, 5) is 11.3. The lowest BCUT2D eigenvalue weighted by Crippen LogP contribution is -2.33. The van der Waals surface area contributed by atoms with Crippen molar-refractivity contribution < 1.29 is 17.9 Å². The molecule has 108 valence electrons. The highest BCUT2D eigenvalue weighted by molar-refractivity contribution is 7.91. The number of hydrogen-bond donors (Lipinski definition) is 1. The third-order valence-electron chi connectivity index (χ3n) is 2.24. The maximum atomic E-state index is 11.5. The summed E-state index contributed by atoms with van der Waals surface area (Å²) < 4.78 is 28.1. The van der Waals surface area contributed by atoms with Crippen molar-refractivity contribution in [2.24, 2.45) is 0 Å². The maximum absolute atomic E-state index is 11.5. The van der Waals surface area contributed by atoms with E-state index in [4.69, 9.17) is 4.74 Å². The molecule has 0 aromatic heterocycles. The Kier molecular flexibility index (Phi) is 6.67. The number of hydrogen-bond acceptors (Lipinski definition) is 4. The molecule has 5 nitrogen and oxygen atoms in total. The molecule has 0 atom stereocenters. The molecule has 0 aromatic rings. The van der Waals surface area contributed by atoms with Crippen molar-refractivity contribution in [3.05, 3.63) is 0 Å². The fourth-order valence-electron chi connectivity index (χ4n) is 1.17. The minimum atomic E-state index is -2.97. The Balaban J connectivity index is 3.73. The second-order valence-electron chi connectivity index (χ2n) is 5.55. The van der Waals surface area contributed by atoms with Gasteiger partial charge < -0.3 is 10.1 Å². The number of amides is 1. The Morgan fingerprint density at radius 1 is 1.22 bits per heavy atom. The predicted octanol–water partition coefficient (Wildman–Crippen LogP) is 2.11. The van der Waals surface area contributed by atoms with Crippen LogP contribution >= 0.6 is 0 Å². The number of nitrogens with one attached hydrogen (secondary N) is 1. The van der Waals surface area contributed by atoms with E-state index in [1.54, 1.807) is 34.6 Å². The van der Waals surface area contributed by atoms with E-state index in [1.807, 2.05) is 0 Å². The van der Waals surface area contributed by atoms with Crippen LogP contribution in [0.2, 0.25) is 0 Å². The fraction of sp³-hybridized carbons (Fsp3) is 0.917. The Hall–Kier alpha value is -0.780. The van der Waals surface area contributed by atoms with Crippen LogP contribution in [0.5, 0.6) is 0 Å². The van der Waals surface area contributed by atoms with E-state index < -0.39 is 21.5 Å². The van der Waals surface area contributed by atoms with Gasteiger partial charge in [0, 0.05) is 6.54 Å². The lowest BCUT2D eigenvalue weighted by atomic mass is 10.2. The van der Waals surface area contributed by atoms with E-state index in [0.29, 0.717) is 19.4 Å². The van der Waals surface area contributed by atoms with Gasteiger partial charge in [0.15, 0.2) is 9.84 Å². The van der Waals surface area contributed by atoms with E-state index in [1.165, 1.54) is 0 Å². The third-order valence-corrected chi connectivity index (χ3v) is 4.54. The van der Waals surface area contributed by atoms with Crippen LogP contribution < -0.4 is 5.32 Å². The molecule has 0 aliphatic heterocycles. The summed E-state index contributed by atoms with van der Waals surface area (Å²) in [7, 11) is -2.97. The second kappa shape index (κ2) is 6.97. The Labute approximate surface area is 110 Å². The summed E-state index contributed by atoms with van der Waals surface area (Å²) in [6.07, 6.45) is 0.718. The first-order valence-electron chi connectivity index (χ1n) is 6.23. The number of carbonyl (C=O) groups excluding carboxylic acids is 1. The van der Waals surface area contributed by atoms with Crippen molar-refractivity contribution in [3.8, 4) is 0 Å². The highest BCUT2D eigenvalue weighted by atomic mass is 32.2. The molecule has 0 rings (SSSR count). The SMILES string of the molecule is CC(C)S(=O)(=O)CCCCNC(=O)OC(C)(C)C. The molecule has 0 heterocycles. The van der Waals surface area contributed by atoms with Crippen LogP contribution in [0.1, 0.15) is 47.5 Å². The largest absolute Gasteiger partial charge is 0.444 e. The monoisotopic (exact) mass is 279 g/mol. The number of alkyl carbamates (subject to hydrolysis) is 1. The van der Waals surface area contributed by atoms with E-state index in [-0.39, 0.29) is 11.0 Å². The van der Waals surface area contributed by atoms with Crippen molar-refractivity contribution >= 4 is 15.9 Å². The molecule has 0 unspecified atom stereocenters. The standard InChI is InChI=1S/C12H25NO4S/c1-10(2)18(15,16)9-7-6-8-13-11(14)17-12(3,4)5/h10H,6-9H2,1-5H3,(H,13,14). The molecule has 0 saturated heterocycles. The molecule has 6 heteroatoms. The minimum Gasteiger partial charge on any atom is -0.444 e. The second-order valence-corrected chi connectivity index (χ2v) is 8.23. The van der Waals surface area contributed by atoms with Crippen LogP contribution in [-0.2, 0) is 14.6 Å². The summed E-state index contributed by atoms with van der Waals surface area (Å²) in [5.74, 6) is 0.167. The van der Waals surface area contributed by atoms with E-state index in [0.717, 1.165) is 0 Å². The van der Waals surface area contributed by atoms with Gasteiger partial charge in [-0.3, -0.25) is 0 Å². The number of sulfone groups is 1. The van der Waals surface area contributed by atoms with Crippen LogP contribution in [-0.4, -0.2) is 37.7 Å². The van der Waals surface area contributed by atoms with Gasteiger partial charge in [0.05, 0.1) is 11.0 Å². The highest BCUT2D eigenvalue weighted by Crippen LogP contribution is 2.07. The first-order chi connectivity index (χ1) is 8.04. The molecule has 0 aliphatic rings. The molecule has 0 saturated carbocycles. The number of ether oxygens (including phenoxy) is 1. The van der Waals surface area contributed by atoms with E-state index >= 15 is 0 Å². The topological polar surface area (TPSA) is 72.5 Å². The van der Waals surface area contributed by atoms with Gasteiger partial charge in [-0.15, -0.1) is 0 Å². The maximum Gasteiger partial charge on any atom is 0.407 e. The number of rotatable bonds is 6. The Bertz CT molecular complexity index is 355. The molecule has 18 heavy (non-hydrogen) atoms. The van der Waals surface area contributed by atoms with Crippen molar-refractivity contribution in [3.63, 3.8) is 0 Å². The van der Waals surface area contributed by atoms with Crippen molar-refractivity contribution in [1.29, 1.82) is 0 Å². The zero-order valence-electron chi connectivity index (χ0n) is 11.9. The zero-order chi connectivity index (χ0) is 14.4. The first kappa shape index (κ1) is 17.2. The lowest BCUT2D eigenvalue weighted by Gasteiger charge is -2.19. The molecule has 1 N–H and O–H groups in total. The zero-order valence-corrected chi connectivity index (χ0v) is 12.8. The van der Waals surface area contributed by atoms with Gasteiger partial charge in [0.2, 0.25) is 0 Å². The van der Waals surface area contributed by atoms with Crippen molar-refractivity contribution in [2.75, 3.05) is 12.3 Å². The minimum absolute atomic E-state index is 0.167. The molecule has 0 bridgehead atoms. The van der Waals surface area contributed by atoms with E-state index in [9.17, 15) is 13.2 Å². The van der Waals surface area contributed by atoms with Gasteiger partial charge in [-0.1, -0.05) is 0 Å². The van der Waals surface area contributed by atoms with Gasteiger partial charge in [0.1, 0.15) is 5.60 Å². The summed E-state index contributed by atoms with van der Waals surface area (Å²) in [6.45, 7) is 9.16. The third kappa shape index (κ3) is 8.33.